The first-order chi connectivity index (χ1) is 7.81. The second kappa shape index (κ2) is 6.31. The van der Waals surface area contributed by atoms with Crippen LogP contribution in [0.3, 0.4) is 0 Å². The number of nitriles is 2. The van der Waals surface area contributed by atoms with Crippen molar-refractivity contribution >= 4 is 5.69 Å². The molecule has 1 aromatic carbocycles. The monoisotopic (exact) mass is 215 g/mol. The first-order valence-electron chi connectivity index (χ1n) is 5.00. The summed E-state index contributed by atoms with van der Waals surface area (Å²) in [5, 5.41) is 17.4. The third-order valence-corrected chi connectivity index (χ3v) is 2.18. The fourth-order valence-electron chi connectivity index (χ4n) is 1.32. The number of ether oxygens (including phenoxy) is 1. The first-order valence-corrected chi connectivity index (χ1v) is 5.00. The Bertz CT molecular complexity index is 400. The van der Waals surface area contributed by atoms with Crippen LogP contribution in [-0.4, -0.2) is 13.7 Å². The summed E-state index contributed by atoms with van der Waals surface area (Å²) in [6, 6.07) is 9.34. The lowest BCUT2D eigenvalue weighted by Gasteiger charge is -2.14. The number of nitrogens with zero attached hydrogens (tertiary/aromatic N) is 3. The van der Waals surface area contributed by atoms with Crippen LogP contribution < -0.4 is 9.64 Å². The van der Waals surface area contributed by atoms with Crippen molar-refractivity contribution in [3.63, 3.8) is 0 Å². The molecule has 0 heterocycles. The molecular formula is C12H13N3O. The highest BCUT2D eigenvalue weighted by molar-refractivity contribution is 5.52. The molecule has 0 amide bonds. The molecule has 0 aliphatic rings. The number of benzene rings is 1. The summed E-state index contributed by atoms with van der Waals surface area (Å²) in [7, 11) is 1.60. The van der Waals surface area contributed by atoms with E-state index in [0.29, 0.717) is 19.4 Å². The summed E-state index contributed by atoms with van der Waals surface area (Å²) in [5.41, 5.74) is 0.821. The molecule has 4 heteroatoms. The third-order valence-electron chi connectivity index (χ3n) is 2.18. The minimum absolute atomic E-state index is 0.467. The van der Waals surface area contributed by atoms with Crippen LogP contribution >= 0.6 is 0 Å². The van der Waals surface area contributed by atoms with E-state index in [2.05, 4.69) is 12.3 Å². The van der Waals surface area contributed by atoms with E-state index in [-0.39, 0.29) is 0 Å². The van der Waals surface area contributed by atoms with Crippen LogP contribution in [0.25, 0.3) is 0 Å². The van der Waals surface area contributed by atoms with Gasteiger partial charge < -0.3 is 4.74 Å². The number of anilines is 1. The quantitative estimate of drug-likeness (QED) is 0.429. The van der Waals surface area contributed by atoms with Crippen molar-refractivity contribution in [2.45, 2.75) is 12.8 Å². The number of methoxy groups -OCH3 is 1. The molecular weight excluding hydrogens is 202 g/mol. The molecule has 0 aliphatic carbocycles. The molecule has 0 atom stereocenters. The van der Waals surface area contributed by atoms with Crippen LogP contribution in [0, 0.1) is 22.8 Å². The lowest BCUT2D eigenvalue weighted by molar-refractivity contribution is 0.415. The van der Waals surface area contributed by atoms with Gasteiger partial charge in [-0.3, -0.25) is 4.90 Å². The Labute approximate surface area is 95.3 Å². The van der Waals surface area contributed by atoms with Gasteiger partial charge in [-0.25, -0.2) is 0 Å². The standard InChI is InChI=1S/C12H13N3O/c1-16-12-6-4-11(5-7-12)15(10-14)9-3-2-8-13/h4-7H,2-3,9H2,1H3. The zero-order valence-corrected chi connectivity index (χ0v) is 9.18. The maximum Gasteiger partial charge on any atom is 0.184 e. The molecule has 0 bridgehead atoms. The molecule has 4 nitrogen and oxygen atoms in total. The fourth-order valence-corrected chi connectivity index (χ4v) is 1.32. The van der Waals surface area contributed by atoms with Crippen LogP contribution in [-0.2, 0) is 0 Å². The van der Waals surface area contributed by atoms with Gasteiger partial charge in [0, 0.05) is 13.0 Å². The molecule has 0 aromatic heterocycles. The van der Waals surface area contributed by atoms with E-state index in [4.69, 9.17) is 15.3 Å². The number of hydrogen-bond acceptors (Lipinski definition) is 4. The van der Waals surface area contributed by atoms with Crippen molar-refractivity contribution in [3.8, 4) is 18.0 Å². The number of rotatable bonds is 5. The fraction of sp³-hybridized carbons (Fsp3) is 0.333. The van der Waals surface area contributed by atoms with Gasteiger partial charge in [0.25, 0.3) is 0 Å². The maximum atomic E-state index is 8.97. The normalized spacial score (nSPS) is 8.94. The summed E-state index contributed by atoms with van der Waals surface area (Å²) in [5.74, 6) is 0.763. The average Bonchev–Trinajstić information content (AvgIpc) is 2.35. The molecule has 0 radical (unpaired) electrons. The van der Waals surface area contributed by atoms with E-state index in [9.17, 15) is 0 Å². The summed E-state index contributed by atoms with van der Waals surface area (Å²) >= 11 is 0. The van der Waals surface area contributed by atoms with Crippen molar-refractivity contribution in [2.75, 3.05) is 18.6 Å². The summed E-state index contributed by atoms with van der Waals surface area (Å²) in [6.07, 6.45) is 3.25. The van der Waals surface area contributed by atoms with Gasteiger partial charge in [-0.1, -0.05) is 0 Å². The number of unbranched alkanes of at least 4 members (excludes halogenated alkanes) is 1. The van der Waals surface area contributed by atoms with E-state index in [1.54, 1.807) is 12.0 Å². The van der Waals surface area contributed by atoms with E-state index in [1.165, 1.54) is 0 Å². The largest absolute Gasteiger partial charge is 0.497 e. The molecule has 0 spiro atoms. The number of hydrogen-bond donors (Lipinski definition) is 0. The van der Waals surface area contributed by atoms with Gasteiger partial charge >= 0.3 is 0 Å². The summed E-state index contributed by atoms with van der Waals surface area (Å²) < 4.78 is 5.04. The Morgan fingerprint density at radius 2 is 1.94 bits per heavy atom. The summed E-state index contributed by atoms with van der Waals surface area (Å²) in [6.45, 7) is 0.566. The minimum Gasteiger partial charge on any atom is -0.497 e. The van der Waals surface area contributed by atoms with Crippen LogP contribution in [0.15, 0.2) is 24.3 Å². The van der Waals surface area contributed by atoms with E-state index in [1.807, 2.05) is 24.3 Å². The second-order valence-electron chi connectivity index (χ2n) is 3.21. The highest BCUT2D eigenvalue weighted by atomic mass is 16.5. The Morgan fingerprint density at radius 3 is 2.44 bits per heavy atom. The van der Waals surface area contributed by atoms with Gasteiger partial charge in [0.1, 0.15) is 5.75 Å². The van der Waals surface area contributed by atoms with Crippen molar-refractivity contribution < 1.29 is 4.74 Å². The van der Waals surface area contributed by atoms with E-state index in [0.717, 1.165) is 11.4 Å². The van der Waals surface area contributed by atoms with Crippen molar-refractivity contribution in [1.29, 1.82) is 10.5 Å². The van der Waals surface area contributed by atoms with Crippen LogP contribution in [0.5, 0.6) is 5.75 Å². The van der Waals surface area contributed by atoms with Crippen molar-refractivity contribution in [1.82, 2.24) is 0 Å². The molecule has 0 unspecified atom stereocenters. The van der Waals surface area contributed by atoms with E-state index >= 15 is 0 Å². The molecule has 0 saturated carbocycles. The zero-order chi connectivity index (χ0) is 11.8. The average molecular weight is 215 g/mol. The van der Waals surface area contributed by atoms with Crippen LogP contribution in [0.1, 0.15) is 12.8 Å². The van der Waals surface area contributed by atoms with Gasteiger partial charge in [-0.15, -0.1) is 0 Å². The Kier molecular flexibility index (Phi) is 4.69. The topological polar surface area (TPSA) is 60.0 Å². The van der Waals surface area contributed by atoms with E-state index < -0.39 is 0 Å². The smallest absolute Gasteiger partial charge is 0.184 e. The lowest BCUT2D eigenvalue weighted by Crippen LogP contribution is -2.17. The van der Waals surface area contributed by atoms with Crippen LogP contribution in [0.4, 0.5) is 5.69 Å². The van der Waals surface area contributed by atoms with Crippen LogP contribution in [0.2, 0.25) is 0 Å². The second-order valence-corrected chi connectivity index (χ2v) is 3.21. The molecule has 0 N–H and O–H groups in total. The zero-order valence-electron chi connectivity index (χ0n) is 9.18. The summed E-state index contributed by atoms with van der Waals surface area (Å²) in [4.78, 5) is 1.57. The predicted molar refractivity (Wildman–Crippen MR) is 60.8 cm³/mol. The molecule has 0 saturated heterocycles. The molecule has 1 rings (SSSR count). The van der Waals surface area contributed by atoms with Gasteiger partial charge in [0.15, 0.2) is 6.19 Å². The molecule has 16 heavy (non-hydrogen) atoms. The highest BCUT2D eigenvalue weighted by Crippen LogP contribution is 2.18. The third kappa shape index (κ3) is 3.18. The van der Waals surface area contributed by atoms with Gasteiger partial charge in [0.05, 0.1) is 18.9 Å². The lowest BCUT2D eigenvalue weighted by atomic mass is 10.2. The molecule has 82 valence electrons. The first kappa shape index (κ1) is 11.9. The van der Waals surface area contributed by atoms with Gasteiger partial charge in [0.2, 0.25) is 0 Å². The Morgan fingerprint density at radius 1 is 1.25 bits per heavy atom. The minimum atomic E-state index is 0.467. The Hall–Kier alpha value is -2.20. The van der Waals surface area contributed by atoms with Gasteiger partial charge in [-0.2, -0.15) is 10.5 Å². The Balaban J connectivity index is 2.65. The van der Waals surface area contributed by atoms with Crippen molar-refractivity contribution in [2.24, 2.45) is 0 Å². The molecule has 1 aromatic rings. The molecule has 0 aliphatic heterocycles. The highest BCUT2D eigenvalue weighted by Gasteiger charge is 2.04. The SMILES string of the molecule is COc1ccc(N(C#N)CCCC#N)cc1. The predicted octanol–water partition coefficient (Wildman–Crippen LogP) is 2.29. The molecule has 0 fully saturated rings. The van der Waals surface area contributed by atoms with Crippen molar-refractivity contribution in [3.05, 3.63) is 24.3 Å². The maximum absolute atomic E-state index is 8.97. The van der Waals surface area contributed by atoms with Gasteiger partial charge in [-0.05, 0) is 30.7 Å².